The van der Waals surface area contributed by atoms with Crippen molar-refractivity contribution >= 4 is 24.6 Å². The van der Waals surface area contributed by atoms with Gasteiger partial charge < -0.3 is 15.5 Å². The lowest BCUT2D eigenvalue weighted by Crippen LogP contribution is -2.44. The van der Waals surface area contributed by atoms with Crippen LogP contribution >= 0.6 is 12.6 Å². The monoisotopic (exact) mass is 537 g/mol. The molecule has 0 aliphatic carbocycles. The predicted octanol–water partition coefficient (Wildman–Crippen LogP) is 4.55. The number of benzene rings is 2. The second kappa shape index (κ2) is 15.1. The summed E-state index contributed by atoms with van der Waals surface area (Å²) in [7, 11) is 0. The van der Waals surface area contributed by atoms with Crippen LogP contribution in [-0.4, -0.2) is 62.8 Å². The Hall–Kier alpha value is -3.40. The van der Waals surface area contributed by atoms with Gasteiger partial charge in [0, 0.05) is 43.4 Å². The number of unbranched alkanes of at least 4 members (excludes halogenated alkanes) is 1. The van der Waals surface area contributed by atoms with Crippen molar-refractivity contribution in [2.45, 2.75) is 46.6 Å². The highest BCUT2D eigenvalue weighted by Gasteiger charge is 2.19. The van der Waals surface area contributed by atoms with Crippen LogP contribution in [0.5, 0.6) is 0 Å². The molecule has 1 aromatic heterocycles. The molecular formula is C28H39N7O2S. The second-order valence-electron chi connectivity index (χ2n) is 9.79. The molecule has 9 nitrogen and oxygen atoms in total. The first kappa shape index (κ1) is 29.2. The fourth-order valence-corrected chi connectivity index (χ4v) is 4.56. The summed E-state index contributed by atoms with van der Waals surface area (Å²) in [5.74, 6) is 1.32. The smallest absolute Gasteiger partial charge is 0.317 e. The van der Waals surface area contributed by atoms with Crippen LogP contribution < -0.4 is 10.6 Å². The molecule has 0 bridgehead atoms. The highest BCUT2D eigenvalue weighted by atomic mass is 32.1. The Labute approximate surface area is 230 Å². The van der Waals surface area contributed by atoms with Gasteiger partial charge in [-0.3, -0.25) is 4.79 Å². The molecule has 0 radical (unpaired) electrons. The number of aromatic amines is 1. The van der Waals surface area contributed by atoms with E-state index in [2.05, 4.69) is 64.7 Å². The lowest BCUT2D eigenvalue weighted by molar-refractivity contribution is -0.124. The molecular weight excluding hydrogens is 498 g/mol. The number of carbonyl (C=O) groups is 2. The third kappa shape index (κ3) is 8.58. The van der Waals surface area contributed by atoms with Crippen LogP contribution in [0.2, 0.25) is 0 Å². The van der Waals surface area contributed by atoms with Gasteiger partial charge in [0.2, 0.25) is 11.7 Å². The van der Waals surface area contributed by atoms with Gasteiger partial charge in [0.15, 0.2) is 0 Å². The van der Waals surface area contributed by atoms with E-state index < -0.39 is 0 Å². The summed E-state index contributed by atoms with van der Waals surface area (Å²) in [6.07, 6.45) is 2.71. The van der Waals surface area contributed by atoms with E-state index in [1.54, 1.807) is 4.90 Å². The summed E-state index contributed by atoms with van der Waals surface area (Å²) in [4.78, 5) is 27.3. The molecule has 3 N–H and O–H groups in total. The van der Waals surface area contributed by atoms with Crippen molar-refractivity contribution in [3.63, 3.8) is 0 Å². The Morgan fingerprint density at radius 2 is 1.76 bits per heavy atom. The van der Waals surface area contributed by atoms with Crippen molar-refractivity contribution in [1.82, 2.24) is 36.2 Å². The number of tetrazole rings is 1. The molecule has 3 aromatic rings. The molecule has 0 aliphatic rings. The SMILES string of the molecule is CCCCNC(=O)N(CCNC(=O)C(CS)CC(C)C)Cc1ccc(-c2ccccc2-c2nn[nH]n2)cc1. The minimum Gasteiger partial charge on any atom is -0.354 e. The van der Waals surface area contributed by atoms with E-state index in [4.69, 9.17) is 0 Å². The summed E-state index contributed by atoms with van der Waals surface area (Å²) in [6.45, 7) is 8.14. The van der Waals surface area contributed by atoms with Crippen molar-refractivity contribution in [2.24, 2.45) is 11.8 Å². The molecule has 1 unspecified atom stereocenters. The van der Waals surface area contributed by atoms with E-state index in [-0.39, 0.29) is 17.9 Å². The van der Waals surface area contributed by atoms with Gasteiger partial charge >= 0.3 is 6.03 Å². The molecule has 0 fully saturated rings. The maximum atomic E-state index is 13.0. The zero-order valence-electron chi connectivity index (χ0n) is 22.5. The lowest BCUT2D eigenvalue weighted by Gasteiger charge is -2.24. The summed E-state index contributed by atoms with van der Waals surface area (Å²) < 4.78 is 0. The van der Waals surface area contributed by atoms with Crippen molar-refractivity contribution < 1.29 is 9.59 Å². The first-order valence-electron chi connectivity index (χ1n) is 13.3. The van der Waals surface area contributed by atoms with E-state index in [1.807, 2.05) is 48.5 Å². The van der Waals surface area contributed by atoms with Gasteiger partial charge in [-0.25, -0.2) is 4.79 Å². The fraction of sp³-hybridized carbons (Fsp3) is 0.464. The van der Waals surface area contributed by atoms with E-state index >= 15 is 0 Å². The first-order valence-corrected chi connectivity index (χ1v) is 13.9. The quantitative estimate of drug-likeness (QED) is 0.178. The predicted molar refractivity (Wildman–Crippen MR) is 154 cm³/mol. The molecule has 3 amide bonds. The Morgan fingerprint density at radius 3 is 2.39 bits per heavy atom. The topological polar surface area (TPSA) is 116 Å². The third-order valence-corrected chi connectivity index (χ3v) is 6.71. The summed E-state index contributed by atoms with van der Waals surface area (Å²) in [5.41, 5.74) is 3.90. The van der Waals surface area contributed by atoms with Crippen LogP contribution in [-0.2, 0) is 11.3 Å². The molecule has 204 valence electrons. The zero-order chi connectivity index (χ0) is 27.3. The number of carbonyl (C=O) groups excluding carboxylic acids is 2. The number of amides is 3. The van der Waals surface area contributed by atoms with Crippen molar-refractivity contribution in [2.75, 3.05) is 25.4 Å². The van der Waals surface area contributed by atoms with E-state index in [0.717, 1.165) is 41.5 Å². The Morgan fingerprint density at radius 1 is 1.03 bits per heavy atom. The zero-order valence-corrected chi connectivity index (χ0v) is 23.4. The van der Waals surface area contributed by atoms with Crippen LogP contribution in [0.4, 0.5) is 4.79 Å². The molecule has 0 aliphatic heterocycles. The summed E-state index contributed by atoms with van der Waals surface area (Å²) in [5, 5.41) is 20.4. The number of H-pyrrole nitrogens is 1. The summed E-state index contributed by atoms with van der Waals surface area (Å²) >= 11 is 4.35. The maximum absolute atomic E-state index is 13.0. The van der Waals surface area contributed by atoms with Gasteiger partial charge in [-0.15, -0.1) is 10.2 Å². The van der Waals surface area contributed by atoms with Gasteiger partial charge in [0.05, 0.1) is 0 Å². The molecule has 10 heteroatoms. The fourth-order valence-electron chi connectivity index (χ4n) is 4.24. The molecule has 1 heterocycles. The normalized spacial score (nSPS) is 11.8. The van der Waals surface area contributed by atoms with Gasteiger partial charge in [0.1, 0.15) is 0 Å². The summed E-state index contributed by atoms with van der Waals surface area (Å²) in [6, 6.07) is 15.9. The first-order chi connectivity index (χ1) is 18.4. The molecule has 38 heavy (non-hydrogen) atoms. The van der Waals surface area contributed by atoms with E-state index in [9.17, 15) is 9.59 Å². The number of hydrogen-bond donors (Lipinski definition) is 4. The molecule has 2 aromatic carbocycles. The van der Waals surface area contributed by atoms with Crippen molar-refractivity contribution in [1.29, 1.82) is 0 Å². The lowest BCUT2D eigenvalue weighted by atomic mass is 9.98. The number of rotatable bonds is 14. The number of nitrogens with one attached hydrogen (secondary N) is 3. The number of urea groups is 1. The number of thiol groups is 1. The second-order valence-corrected chi connectivity index (χ2v) is 10.2. The van der Waals surface area contributed by atoms with Crippen LogP contribution in [0.3, 0.4) is 0 Å². The average Bonchev–Trinajstić information content (AvgIpc) is 3.46. The van der Waals surface area contributed by atoms with Crippen molar-refractivity contribution in [3.8, 4) is 22.5 Å². The standard InChI is InChI=1S/C28H39N7O2S/c1-4-5-14-30-28(37)35(16-15-29-27(36)23(19-38)17-20(2)3)18-21-10-12-22(13-11-21)24-8-6-7-9-25(24)26-31-33-34-32-26/h6-13,20,23,38H,4-5,14-19H2,1-3H3,(H,29,36)(H,30,37)(H,31,32,33,34). The maximum Gasteiger partial charge on any atom is 0.317 e. The van der Waals surface area contributed by atoms with Crippen molar-refractivity contribution in [3.05, 3.63) is 54.1 Å². The van der Waals surface area contributed by atoms with E-state index in [1.165, 1.54) is 0 Å². The minimum atomic E-state index is -0.132. The number of nitrogens with zero attached hydrogens (tertiary/aromatic N) is 4. The minimum absolute atomic E-state index is 0.00957. The van der Waals surface area contributed by atoms with E-state index in [0.29, 0.717) is 43.7 Å². The van der Waals surface area contributed by atoms with Gasteiger partial charge in [-0.1, -0.05) is 75.7 Å². The highest BCUT2D eigenvalue weighted by Crippen LogP contribution is 2.29. The Kier molecular flexibility index (Phi) is 11.6. The molecule has 0 saturated carbocycles. The van der Waals surface area contributed by atoms with Crippen LogP contribution in [0.1, 0.15) is 45.6 Å². The van der Waals surface area contributed by atoms with Crippen LogP contribution in [0.25, 0.3) is 22.5 Å². The highest BCUT2D eigenvalue weighted by molar-refractivity contribution is 7.80. The number of aromatic nitrogens is 4. The molecule has 0 saturated heterocycles. The van der Waals surface area contributed by atoms with Crippen LogP contribution in [0.15, 0.2) is 48.5 Å². The van der Waals surface area contributed by atoms with Gasteiger partial charge in [0.25, 0.3) is 0 Å². The Bertz CT molecular complexity index is 1140. The molecule has 1 atom stereocenters. The van der Waals surface area contributed by atoms with Gasteiger partial charge in [-0.05, 0) is 40.7 Å². The average molecular weight is 538 g/mol. The molecule has 0 spiro atoms. The van der Waals surface area contributed by atoms with Crippen LogP contribution in [0, 0.1) is 11.8 Å². The molecule has 3 rings (SSSR count). The number of hydrogen-bond acceptors (Lipinski definition) is 6. The Balaban J connectivity index is 1.68. The van der Waals surface area contributed by atoms with Gasteiger partial charge in [-0.2, -0.15) is 17.8 Å². The largest absolute Gasteiger partial charge is 0.354 e. The third-order valence-electron chi connectivity index (χ3n) is 6.27.